The zero-order chi connectivity index (χ0) is 33.6. The van der Waals surface area contributed by atoms with Gasteiger partial charge in [0.25, 0.3) is 15.9 Å². The van der Waals surface area contributed by atoms with E-state index in [1.54, 1.807) is 36.4 Å². The van der Waals surface area contributed by atoms with Gasteiger partial charge in [-0.3, -0.25) is 9.69 Å². The van der Waals surface area contributed by atoms with Crippen molar-refractivity contribution in [1.29, 1.82) is 0 Å². The van der Waals surface area contributed by atoms with Crippen LogP contribution in [0.4, 0.5) is 18.9 Å². The maximum Gasteiger partial charge on any atom is 0.573 e. The van der Waals surface area contributed by atoms with E-state index in [9.17, 15) is 21.6 Å². The molecule has 13 heteroatoms. The standard InChI is InChI=1S/C33H36F3N3O6S/c1-21-13-15-28-26(18-21)32(23-10-9-11-24(19-23)43-5,38-17-8-7-12-27(38)22(2)37(3)4)31(40)39(28)46(41,42)30-16-14-25(44-6)20-29(30)45-33(34,35)36/h9-11,13-16,18-20,27H,2,7-8,12,17H2,1,3-6H3/t27-,32?/m0/s1. The van der Waals surface area contributed by atoms with E-state index in [1.807, 2.05) is 30.8 Å². The van der Waals surface area contributed by atoms with Crippen LogP contribution in [0.15, 0.2) is 77.8 Å². The van der Waals surface area contributed by atoms with Crippen molar-refractivity contribution in [2.75, 3.05) is 39.2 Å². The average molecular weight is 660 g/mol. The first-order valence-corrected chi connectivity index (χ1v) is 16.0. The lowest BCUT2D eigenvalue weighted by atomic mass is 9.78. The first-order valence-electron chi connectivity index (χ1n) is 14.6. The lowest BCUT2D eigenvalue weighted by molar-refractivity contribution is -0.275. The zero-order valence-corrected chi connectivity index (χ0v) is 27.0. The van der Waals surface area contributed by atoms with Gasteiger partial charge in [-0.05, 0) is 55.7 Å². The molecule has 46 heavy (non-hydrogen) atoms. The predicted octanol–water partition coefficient (Wildman–Crippen LogP) is 5.82. The van der Waals surface area contributed by atoms with Crippen molar-refractivity contribution >= 4 is 21.6 Å². The molecule has 246 valence electrons. The van der Waals surface area contributed by atoms with Gasteiger partial charge in [-0.2, -0.15) is 0 Å². The van der Waals surface area contributed by atoms with Crippen molar-refractivity contribution in [1.82, 2.24) is 9.80 Å². The predicted molar refractivity (Wildman–Crippen MR) is 166 cm³/mol. The topological polar surface area (TPSA) is 88.6 Å². The summed E-state index contributed by atoms with van der Waals surface area (Å²) in [6.07, 6.45) is -3.01. The van der Waals surface area contributed by atoms with E-state index >= 15 is 4.79 Å². The van der Waals surface area contributed by atoms with Crippen molar-refractivity contribution in [3.8, 4) is 17.2 Å². The molecule has 0 bridgehead atoms. The maximum absolute atomic E-state index is 15.3. The summed E-state index contributed by atoms with van der Waals surface area (Å²) in [5.41, 5.74) is 0.600. The fraction of sp³-hybridized carbons (Fsp3) is 0.364. The van der Waals surface area contributed by atoms with Crippen LogP contribution in [0.5, 0.6) is 17.2 Å². The number of anilines is 1. The molecule has 1 unspecified atom stereocenters. The van der Waals surface area contributed by atoms with E-state index in [0.717, 1.165) is 29.8 Å². The highest BCUT2D eigenvalue weighted by atomic mass is 32.2. The van der Waals surface area contributed by atoms with Gasteiger partial charge in [0.05, 0.1) is 25.9 Å². The number of nitrogens with zero attached hydrogens (tertiary/aromatic N) is 3. The number of hydrogen-bond donors (Lipinski definition) is 0. The van der Waals surface area contributed by atoms with Crippen molar-refractivity contribution in [2.24, 2.45) is 0 Å². The molecule has 0 spiro atoms. The Morgan fingerprint density at radius 1 is 1.00 bits per heavy atom. The molecule has 0 radical (unpaired) electrons. The molecular formula is C33H36F3N3O6S. The molecule has 2 aliphatic heterocycles. The summed E-state index contributed by atoms with van der Waals surface area (Å²) in [4.78, 5) is 18.3. The molecule has 3 aromatic carbocycles. The summed E-state index contributed by atoms with van der Waals surface area (Å²) in [6, 6.07) is 14.4. The van der Waals surface area contributed by atoms with Gasteiger partial charge < -0.3 is 19.1 Å². The van der Waals surface area contributed by atoms with Crippen molar-refractivity contribution in [3.63, 3.8) is 0 Å². The number of sulfonamides is 1. The number of carbonyl (C=O) groups is 1. The molecule has 0 saturated carbocycles. The van der Waals surface area contributed by atoms with Crippen LogP contribution in [0.25, 0.3) is 0 Å². The summed E-state index contributed by atoms with van der Waals surface area (Å²) in [5.74, 6) is -1.51. The number of hydrogen-bond acceptors (Lipinski definition) is 8. The van der Waals surface area contributed by atoms with E-state index in [1.165, 1.54) is 26.4 Å². The van der Waals surface area contributed by atoms with Gasteiger partial charge in [0, 0.05) is 38.0 Å². The average Bonchev–Trinajstić information content (AvgIpc) is 3.27. The zero-order valence-electron chi connectivity index (χ0n) is 26.2. The number of benzene rings is 3. The molecule has 2 aliphatic rings. The quantitative estimate of drug-likeness (QED) is 0.284. The third-order valence-electron chi connectivity index (χ3n) is 8.53. The number of piperidine rings is 1. The number of fused-ring (bicyclic) bond motifs is 1. The summed E-state index contributed by atoms with van der Waals surface area (Å²) in [6.45, 7) is 6.55. The van der Waals surface area contributed by atoms with E-state index < -0.39 is 38.5 Å². The molecule has 1 amide bonds. The van der Waals surface area contributed by atoms with Crippen LogP contribution in [0.2, 0.25) is 0 Å². The number of rotatable bonds is 9. The lowest BCUT2D eigenvalue weighted by Gasteiger charge is -2.48. The van der Waals surface area contributed by atoms with Crippen LogP contribution >= 0.6 is 0 Å². The monoisotopic (exact) mass is 659 g/mol. The molecular weight excluding hydrogens is 623 g/mol. The second-order valence-corrected chi connectivity index (χ2v) is 13.2. The van der Waals surface area contributed by atoms with Gasteiger partial charge in [0.2, 0.25) is 0 Å². The molecule has 0 aromatic heterocycles. The number of halogens is 3. The van der Waals surface area contributed by atoms with E-state index in [0.29, 0.717) is 40.6 Å². The van der Waals surface area contributed by atoms with E-state index in [2.05, 4.69) is 11.3 Å². The third-order valence-corrected chi connectivity index (χ3v) is 10.3. The summed E-state index contributed by atoms with van der Waals surface area (Å²) in [5, 5.41) is 0. The Hall–Kier alpha value is -4.23. The highest BCUT2D eigenvalue weighted by molar-refractivity contribution is 7.93. The van der Waals surface area contributed by atoms with Crippen LogP contribution in [-0.4, -0.2) is 71.4 Å². The Bertz CT molecular complexity index is 1780. The number of alkyl halides is 3. The van der Waals surface area contributed by atoms with Crippen LogP contribution in [0.1, 0.15) is 36.0 Å². The van der Waals surface area contributed by atoms with Gasteiger partial charge in [-0.15, -0.1) is 13.2 Å². The van der Waals surface area contributed by atoms with Gasteiger partial charge in [0.15, 0.2) is 11.3 Å². The van der Waals surface area contributed by atoms with Crippen LogP contribution in [0, 0.1) is 6.92 Å². The van der Waals surface area contributed by atoms with Crippen LogP contribution < -0.4 is 18.5 Å². The van der Waals surface area contributed by atoms with Crippen molar-refractivity contribution in [2.45, 2.75) is 49.0 Å². The minimum Gasteiger partial charge on any atom is -0.497 e. The molecule has 2 atom stereocenters. The summed E-state index contributed by atoms with van der Waals surface area (Å²) >= 11 is 0. The normalized spacial score (nSPS) is 20.3. The van der Waals surface area contributed by atoms with Crippen molar-refractivity contribution in [3.05, 3.63) is 89.6 Å². The number of methoxy groups -OCH3 is 2. The van der Waals surface area contributed by atoms with Crippen LogP contribution in [-0.2, 0) is 20.4 Å². The Labute approximate surface area is 266 Å². The van der Waals surface area contributed by atoms with Crippen LogP contribution in [0.3, 0.4) is 0 Å². The number of likely N-dealkylation sites (tertiary alicyclic amines) is 1. The largest absolute Gasteiger partial charge is 0.573 e. The Kier molecular flexibility index (Phi) is 8.77. The van der Waals surface area contributed by atoms with Gasteiger partial charge >= 0.3 is 6.36 Å². The molecule has 1 saturated heterocycles. The minimum atomic E-state index is -5.22. The molecule has 1 fully saturated rings. The highest BCUT2D eigenvalue weighted by Crippen LogP contribution is 2.54. The van der Waals surface area contributed by atoms with Crippen molar-refractivity contribution < 1.29 is 40.6 Å². The van der Waals surface area contributed by atoms with Gasteiger partial charge in [0.1, 0.15) is 16.4 Å². The second-order valence-electron chi connectivity index (χ2n) is 11.5. The molecule has 0 N–H and O–H groups in total. The van der Waals surface area contributed by atoms with E-state index in [-0.39, 0.29) is 17.5 Å². The Morgan fingerprint density at radius 3 is 2.35 bits per heavy atom. The molecule has 0 aliphatic carbocycles. The minimum absolute atomic E-state index is 0.0204. The maximum atomic E-state index is 15.3. The molecule has 3 aromatic rings. The SMILES string of the molecule is C=C([C@@H]1CCCCN1C1(c2cccc(OC)c2)C(=O)N(S(=O)(=O)c2ccc(OC)cc2OC(F)(F)F)c2ccc(C)cc21)N(C)C. The second kappa shape index (κ2) is 12.2. The first kappa shape index (κ1) is 33.1. The number of ether oxygens (including phenoxy) is 3. The molecule has 2 heterocycles. The number of likely N-dealkylation sites (N-methyl/N-ethyl adjacent to an activating group) is 1. The smallest absolute Gasteiger partial charge is 0.497 e. The van der Waals surface area contributed by atoms with E-state index in [4.69, 9.17) is 9.47 Å². The Morgan fingerprint density at radius 2 is 1.70 bits per heavy atom. The third kappa shape index (κ3) is 5.55. The summed E-state index contributed by atoms with van der Waals surface area (Å²) in [7, 11) is 1.40. The van der Waals surface area contributed by atoms with Gasteiger partial charge in [-0.25, -0.2) is 12.7 Å². The lowest BCUT2D eigenvalue weighted by Crippen LogP contribution is -2.60. The fourth-order valence-electron chi connectivity index (χ4n) is 6.41. The first-order chi connectivity index (χ1) is 21.7. The number of carbonyl (C=O) groups excluding carboxylic acids is 1. The highest BCUT2D eigenvalue weighted by Gasteiger charge is 2.61. The number of aryl methyl sites for hydroxylation is 1. The molecule has 5 rings (SSSR count). The number of amides is 1. The molecule has 9 nitrogen and oxygen atoms in total. The summed E-state index contributed by atoms with van der Waals surface area (Å²) < 4.78 is 85.2. The Balaban J connectivity index is 1.83. The fourth-order valence-corrected chi connectivity index (χ4v) is 7.97. The van der Waals surface area contributed by atoms with Gasteiger partial charge in [-0.1, -0.05) is 42.8 Å².